The Morgan fingerprint density at radius 1 is 1.07 bits per heavy atom. The van der Waals surface area contributed by atoms with Crippen LogP contribution in [0.3, 0.4) is 0 Å². The molecule has 0 aromatic heterocycles. The van der Waals surface area contributed by atoms with Gasteiger partial charge in [-0.25, -0.2) is 14.8 Å². The molecular weight excluding hydrogens is 645 g/mol. The molecule has 0 bridgehead atoms. The van der Waals surface area contributed by atoms with E-state index in [1.54, 1.807) is 63.2 Å². The molecule has 1 heterocycles. The number of aliphatic hydroxyl groups is 1. The molecule has 11 heteroatoms. The highest BCUT2D eigenvalue weighted by atomic mass is 79.9. The van der Waals surface area contributed by atoms with E-state index in [2.05, 4.69) is 26.8 Å². The van der Waals surface area contributed by atoms with E-state index in [9.17, 15) is 14.0 Å². The van der Waals surface area contributed by atoms with E-state index < -0.39 is 29.1 Å². The van der Waals surface area contributed by atoms with Crippen molar-refractivity contribution in [3.63, 3.8) is 0 Å². The molecule has 1 amide bonds. The zero-order valence-corrected chi connectivity index (χ0v) is 27.2. The summed E-state index contributed by atoms with van der Waals surface area (Å²) in [6.45, 7) is 6.00. The highest BCUT2D eigenvalue weighted by Gasteiger charge is 2.54. The summed E-state index contributed by atoms with van der Waals surface area (Å²) in [6, 6.07) is 20.9. The van der Waals surface area contributed by atoms with Crippen LogP contribution in [-0.2, 0) is 25.5 Å². The topological polar surface area (TPSA) is 118 Å². The van der Waals surface area contributed by atoms with Crippen molar-refractivity contribution < 1.29 is 33.3 Å². The van der Waals surface area contributed by atoms with Crippen molar-refractivity contribution in [2.75, 3.05) is 19.8 Å². The predicted molar refractivity (Wildman–Crippen MR) is 172 cm³/mol. The third-order valence-corrected chi connectivity index (χ3v) is 7.75. The molecule has 1 aliphatic heterocycles. The molecule has 1 aliphatic rings. The lowest BCUT2D eigenvalue weighted by atomic mass is 9.83. The summed E-state index contributed by atoms with van der Waals surface area (Å²) < 4.78 is 32.5. The minimum atomic E-state index is -1.57. The fraction of sp³-hybridized carbons (Fsp3) is 0.382. The van der Waals surface area contributed by atoms with Gasteiger partial charge in [0.15, 0.2) is 11.6 Å². The number of aliphatic hydroxyl groups excluding tert-OH is 1. The second-order valence-electron chi connectivity index (χ2n) is 11.6. The first-order chi connectivity index (χ1) is 21.5. The maximum absolute atomic E-state index is 14.2. The largest absolute Gasteiger partial charge is 0.494 e. The van der Waals surface area contributed by atoms with Crippen LogP contribution in [-0.4, -0.2) is 53.8 Å². The van der Waals surface area contributed by atoms with Crippen molar-refractivity contribution >= 4 is 33.7 Å². The number of aliphatic imine (C=N–C) groups is 1. The molecule has 2 atom stereocenters. The van der Waals surface area contributed by atoms with E-state index >= 15 is 0 Å². The zero-order valence-electron chi connectivity index (χ0n) is 25.6. The maximum atomic E-state index is 14.2. The summed E-state index contributed by atoms with van der Waals surface area (Å²) in [5, 5.41) is 9.03. The highest BCUT2D eigenvalue weighted by molar-refractivity contribution is 9.10. The lowest BCUT2D eigenvalue weighted by molar-refractivity contribution is -0.155. The number of benzene rings is 3. The van der Waals surface area contributed by atoms with Gasteiger partial charge in [0, 0.05) is 41.6 Å². The van der Waals surface area contributed by atoms with Gasteiger partial charge in [-0.15, -0.1) is 0 Å². The fourth-order valence-corrected chi connectivity index (χ4v) is 5.36. The molecule has 45 heavy (non-hydrogen) atoms. The van der Waals surface area contributed by atoms with Crippen molar-refractivity contribution in [2.45, 2.75) is 63.7 Å². The Morgan fingerprint density at radius 2 is 1.78 bits per heavy atom. The van der Waals surface area contributed by atoms with Crippen LogP contribution >= 0.6 is 15.9 Å². The van der Waals surface area contributed by atoms with Crippen LogP contribution in [0.25, 0.3) is 0 Å². The molecule has 3 aromatic rings. The van der Waals surface area contributed by atoms with Gasteiger partial charge < -0.3 is 19.3 Å². The molecular formula is C34H39BrFN3O6. The van der Waals surface area contributed by atoms with Crippen molar-refractivity contribution in [2.24, 2.45) is 4.99 Å². The number of hydrazine groups is 1. The molecule has 3 N–H and O–H groups in total. The first-order valence-electron chi connectivity index (χ1n) is 14.9. The van der Waals surface area contributed by atoms with Crippen LogP contribution in [0.1, 0.15) is 62.8 Å². The van der Waals surface area contributed by atoms with Gasteiger partial charge in [0.1, 0.15) is 17.2 Å². The minimum Gasteiger partial charge on any atom is -0.494 e. The molecule has 0 aliphatic carbocycles. The Morgan fingerprint density at radius 3 is 2.47 bits per heavy atom. The summed E-state index contributed by atoms with van der Waals surface area (Å²) in [5.74, 6) is -0.471. The first kappa shape index (κ1) is 34.1. The van der Waals surface area contributed by atoms with E-state index in [0.717, 1.165) is 0 Å². The van der Waals surface area contributed by atoms with E-state index in [1.165, 1.54) is 6.07 Å². The standard InChI is InChI=1S/C34H39BrFN3O6/c1-33(2,3)45-29(41)17-19-34(32(42)39-37-20-18-23-9-4-7-12-28(23)36)30(26-10-5-6-11-27(26)35)44-31(38-34)24-13-15-25(16-14-24)43-22-8-21-40/h4-7,9-16,30,37,40H,8,17-22H2,1-3H3,(H,39,42)/t30-,34-/m0/s1. The summed E-state index contributed by atoms with van der Waals surface area (Å²) in [7, 11) is 0. The molecule has 0 saturated carbocycles. The van der Waals surface area contributed by atoms with Crippen molar-refractivity contribution in [3.8, 4) is 5.75 Å². The minimum absolute atomic E-state index is 0.0133. The number of nitrogens with one attached hydrogen (secondary N) is 2. The summed E-state index contributed by atoms with van der Waals surface area (Å²) in [4.78, 5) is 32.0. The normalized spacial score (nSPS) is 17.7. The monoisotopic (exact) mass is 683 g/mol. The van der Waals surface area contributed by atoms with E-state index in [0.29, 0.717) is 46.4 Å². The van der Waals surface area contributed by atoms with Gasteiger partial charge in [-0.1, -0.05) is 52.3 Å². The van der Waals surface area contributed by atoms with Crippen LogP contribution in [0.5, 0.6) is 5.75 Å². The zero-order chi connectivity index (χ0) is 32.5. The fourth-order valence-electron chi connectivity index (χ4n) is 4.87. The van der Waals surface area contributed by atoms with Crippen molar-refractivity contribution in [1.82, 2.24) is 10.9 Å². The third-order valence-electron chi connectivity index (χ3n) is 7.03. The number of carbonyl (C=O) groups excluding carboxylic acids is 2. The number of ether oxygens (including phenoxy) is 3. The highest BCUT2D eigenvalue weighted by Crippen LogP contribution is 2.45. The quantitative estimate of drug-likeness (QED) is 0.115. The van der Waals surface area contributed by atoms with Crippen LogP contribution in [0.4, 0.5) is 4.39 Å². The van der Waals surface area contributed by atoms with Gasteiger partial charge in [0.2, 0.25) is 5.90 Å². The van der Waals surface area contributed by atoms with Gasteiger partial charge in [-0.2, -0.15) is 0 Å². The number of hydrogen-bond donors (Lipinski definition) is 3. The summed E-state index contributed by atoms with van der Waals surface area (Å²) >= 11 is 3.60. The van der Waals surface area contributed by atoms with E-state index in [1.807, 2.05) is 24.3 Å². The van der Waals surface area contributed by atoms with Crippen LogP contribution < -0.4 is 15.6 Å². The molecule has 0 saturated heterocycles. The molecule has 240 valence electrons. The molecule has 0 fully saturated rings. The van der Waals surface area contributed by atoms with Gasteiger partial charge >= 0.3 is 5.97 Å². The maximum Gasteiger partial charge on any atom is 0.306 e. The Hall–Kier alpha value is -3.80. The Kier molecular flexibility index (Phi) is 11.7. The van der Waals surface area contributed by atoms with Gasteiger partial charge in [-0.3, -0.25) is 15.0 Å². The van der Waals surface area contributed by atoms with Crippen LogP contribution in [0.2, 0.25) is 0 Å². The summed E-state index contributed by atoms with van der Waals surface area (Å²) in [5.41, 5.74) is 5.18. The lowest BCUT2D eigenvalue weighted by Crippen LogP contribution is -2.53. The molecule has 0 spiro atoms. The second kappa shape index (κ2) is 15.5. The molecule has 9 nitrogen and oxygen atoms in total. The number of esters is 1. The van der Waals surface area contributed by atoms with Crippen LogP contribution in [0, 0.1) is 5.82 Å². The molecule has 0 unspecified atom stereocenters. The smallest absolute Gasteiger partial charge is 0.306 e. The number of carbonyl (C=O) groups is 2. The molecule has 3 aromatic carbocycles. The second-order valence-corrected chi connectivity index (χ2v) is 12.5. The summed E-state index contributed by atoms with van der Waals surface area (Å²) in [6.07, 6.45) is -0.170. The van der Waals surface area contributed by atoms with Gasteiger partial charge in [-0.05, 0) is 75.6 Å². The van der Waals surface area contributed by atoms with Crippen molar-refractivity contribution in [1.29, 1.82) is 0 Å². The van der Waals surface area contributed by atoms with Gasteiger partial charge in [0.25, 0.3) is 5.91 Å². The van der Waals surface area contributed by atoms with Crippen LogP contribution in [0.15, 0.2) is 82.3 Å². The Balaban J connectivity index is 1.66. The van der Waals surface area contributed by atoms with Gasteiger partial charge in [0.05, 0.1) is 6.61 Å². The Bertz CT molecular complexity index is 1490. The Labute approximate surface area is 271 Å². The number of rotatable bonds is 14. The third kappa shape index (κ3) is 9.12. The number of nitrogens with zero attached hydrogens (tertiary/aromatic N) is 1. The molecule has 4 rings (SSSR count). The average molecular weight is 685 g/mol. The first-order valence-corrected chi connectivity index (χ1v) is 15.7. The number of amides is 1. The number of hydrogen-bond acceptors (Lipinski definition) is 8. The lowest BCUT2D eigenvalue weighted by Gasteiger charge is -2.31. The predicted octanol–water partition coefficient (Wildman–Crippen LogP) is 5.59. The SMILES string of the molecule is CC(C)(C)OC(=O)CC[C@]1(C(=O)NNCCc2ccccc2F)N=C(c2ccc(OCCCO)cc2)O[C@H]1c1ccccc1Br. The molecule has 0 radical (unpaired) electrons. The van der Waals surface area contributed by atoms with E-state index in [-0.39, 0.29) is 37.7 Å². The average Bonchev–Trinajstić information content (AvgIpc) is 3.39. The van der Waals surface area contributed by atoms with E-state index in [4.69, 9.17) is 24.3 Å². The van der Waals surface area contributed by atoms with Crippen molar-refractivity contribution in [3.05, 3.63) is 99.8 Å². The number of halogens is 2.